The molecule has 6 nitrogen and oxygen atoms in total. The van der Waals surface area contributed by atoms with Gasteiger partial charge in [-0.25, -0.2) is 0 Å². The van der Waals surface area contributed by atoms with Gasteiger partial charge in [0.05, 0.1) is 17.1 Å². The lowest BCUT2D eigenvalue weighted by Gasteiger charge is -2.21. The van der Waals surface area contributed by atoms with Crippen molar-refractivity contribution < 1.29 is 14.3 Å². The summed E-state index contributed by atoms with van der Waals surface area (Å²) in [6, 6.07) is 19.3. The third-order valence-corrected chi connectivity index (χ3v) is 5.82. The second-order valence-electron chi connectivity index (χ2n) is 6.56. The van der Waals surface area contributed by atoms with Crippen LogP contribution in [0.25, 0.3) is 5.70 Å². The third-order valence-electron chi connectivity index (χ3n) is 4.67. The van der Waals surface area contributed by atoms with Gasteiger partial charge in [0.25, 0.3) is 5.91 Å². The summed E-state index contributed by atoms with van der Waals surface area (Å²) in [6.45, 7) is 4.21. The highest BCUT2D eigenvalue weighted by Gasteiger charge is 2.18. The molecule has 0 aliphatic carbocycles. The molecule has 0 saturated carbocycles. The molecule has 0 bridgehead atoms. The average molecular weight is 403 g/mol. The SMILES string of the molecule is C=C(NNC(=O)c1ccc2c(c1)OCO2)c1ccc2c(c1)Nc1ccccc1S2. The number of benzene rings is 3. The molecule has 0 aromatic heterocycles. The number of hydrazine groups is 1. The second kappa shape index (κ2) is 7.10. The Kier molecular flexibility index (Phi) is 4.29. The maximum absolute atomic E-state index is 12.4. The summed E-state index contributed by atoms with van der Waals surface area (Å²) in [6.07, 6.45) is 0. The predicted molar refractivity (Wildman–Crippen MR) is 112 cm³/mol. The molecule has 2 aliphatic rings. The first-order valence-electron chi connectivity index (χ1n) is 9.00. The largest absolute Gasteiger partial charge is 0.454 e. The van der Waals surface area contributed by atoms with Gasteiger partial charge in [0.15, 0.2) is 11.5 Å². The Hall–Kier alpha value is -3.58. The van der Waals surface area contributed by atoms with Crippen molar-refractivity contribution in [2.45, 2.75) is 9.79 Å². The molecule has 0 atom stereocenters. The van der Waals surface area contributed by atoms with Crippen LogP contribution in [0.5, 0.6) is 11.5 Å². The van der Waals surface area contributed by atoms with Gasteiger partial charge in [0.2, 0.25) is 6.79 Å². The van der Waals surface area contributed by atoms with Crippen molar-refractivity contribution in [1.82, 2.24) is 10.9 Å². The molecule has 2 heterocycles. The number of anilines is 2. The van der Waals surface area contributed by atoms with Crippen LogP contribution in [0.1, 0.15) is 15.9 Å². The van der Waals surface area contributed by atoms with Crippen molar-refractivity contribution in [3.05, 3.63) is 78.4 Å². The minimum atomic E-state index is -0.287. The molecule has 144 valence electrons. The number of hydrogen-bond donors (Lipinski definition) is 3. The third kappa shape index (κ3) is 3.36. The van der Waals surface area contributed by atoms with Crippen molar-refractivity contribution in [3.8, 4) is 11.5 Å². The first-order chi connectivity index (χ1) is 14.2. The molecule has 3 aromatic rings. The van der Waals surface area contributed by atoms with E-state index in [0.717, 1.165) is 21.8 Å². The Morgan fingerprint density at radius 1 is 0.897 bits per heavy atom. The molecule has 29 heavy (non-hydrogen) atoms. The van der Waals surface area contributed by atoms with E-state index >= 15 is 0 Å². The number of carbonyl (C=O) groups excluding carboxylic acids is 1. The number of ether oxygens (including phenoxy) is 2. The number of carbonyl (C=O) groups is 1. The van der Waals surface area contributed by atoms with E-state index in [0.29, 0.717) is 22.8 Å². The van der Waals surface area contributed by atoms with E-state index in [9.17, 15) is 4.79 Å². The Bertz CT molecular complexity index is 1150. The van der Waals surface area contributed by atoms with E-state index in [4.69, 9.17) is 9.47 Å². The molecule has 7 heteroatoms. The van der Waals surface area contributed by atoms with Crippen LogP contribution in [0.2, 0.25) is 0 Å². The Morgan fingerprint density at radius 2 is 1.69 bits per heavy atom. The Labute approximate surface area is 171 Å². The molecule has 0 saturated heterocycles. The quantitative estimate of drug-likeness (QED) is 0.435. The molecular weight excluding hydrogens is 386 g/mol. The minimum Gasteiger partial charge on any atom is -0.454 e. The molecule has 0 unspecified atom stereocenters. The fraction of sp³-hybridized carbons (Fsp3) is 0.0455. The van der Waals surface area contributed by atoms with Crippen molar-refractivity contribution in [3.63, 3.8) is 0 Å². The lowest BCUT2D eigenvalue weighted by atomic mass is 10.1. The van der Waals surface area contributed by atoms with E-state index in [2.05, 4.69) is 34.9 Å². The summed E-state index contributed by atoms with van der Waals surface area (Å²) in [7, 11) is 0. The highest BCUT2D eigenvalue weighted by atomic mass is 32.2. The van der Waals surface area contributed by atoms with Crippen LogP contribution in [0.3, 0.4) is 0 Å². The monoisotopic (exact) mass is 403 g/mol. The van der Waals surface area contributed by atoms with Gasteiger partial charge in [-0.2, -0.15) is 0 Å². The molecule has 0 fully saturated rings. The van der Waals surface area contributed by atoms with E-state index < -0.39 is 0 Å². The highest BCUT2D eigenvalue weighted by molar-refractivity contribution is 7.99. The van der Waals surface area contributed by atoms with Crippen LogP contribution in [-0.4, -0.2) is 12.7 Å². The summed E-state index contributed by atoms with van der Waals surface area (Å²) in [4.78, 5) is 14.8. The summed E-state index contributed by atoms with van der Waals surface area (Å²) in [5, 5.41) is 3.45. The zero-order chi connectivity index (χ0) is 19.8. The summed E-state index contributed by atoms with van der Waals surface area (Å²) in [5.74, 6) is 0.917. The van der Waals surface area contributed by atoms with E-state index in [-0.39, 0.29) is 12.7 Å². The average Bonchev–Trinajstić information content (AvgIpc) is 3.23. The summed E-state index contributed by atoms with van der Waals surface area (Å²) >= 11 is 1.72. The summed E-state index contributed by atoms with van der Waals surface area (Å²) < 4.78 is 10.6. The Balaban J connectivity index is 1.26. The lowest BCUT2D eigenvalue weighted by molar-refractivity contribution is 0.0942. The molecular formula is C22H17N3O3S. The number of nitrogens with one attached hydrogen (secondary N) is 3. The first-order valence-corrected chi connectivity index (χ1v) is 9.82. The highest BCUT2D eigenvalue weighted by Crippen LogP contribution is 2.44. The zero-order valence-electron chi connectivity index (χ0n) is 15.3. The van der Waals surface area contributed by atoms with Gasteiger partial charge in [-0.05, 0) is 42.5 Å². The molecule has 5 rings (SSSR count). The van der Waals surface area contributed by atoms with Crippen molar-refractivity contribution >= 4 is 34.7 Å². The Morgan fingerprint density at radius 3 is 2.62 bits per heavy atom. The van der Waals surface area contributed by atoms with Crippen molar-refractivity contribution in [2.75, 3.05) is 12.1 Å². The normalized spacial score (nSPS) is 13.0. The number of rotatable bonds is 4. The topological polar surface area (TPSA) is 71.6 Å². The standard InChI is InChI=1S/C22H17N3O3S/c1-13(24-25-22(26)15-6-8-18-19(11-15)28-12-27-18)14-7-9-21-17(10-14)23-16-4-2-3-5-20(16)29-21/h2-11,23-24H,1,12H2,(H,25,26). The van der Waals surface area contributed by atoms with Crippen LogP contribution in [0, 0.1) is 0 Å². The number of para-hydroxylation sites is 1. The van der Waals surface area contributed by atoms with Gasteiger partial charge in [0.1, 0.15) is 0 Å². The van der Waals surface area contributed by atoms with Crippen LogP contribution in [0.15, 0.2) is 77.0 Å². The number of amides is 1. The molecule has 0 radical (unpaired) electrons. The van der Waals surface area contributed by atoms with Gasteiger partial charge in [-0.3, -0.25) is 15.6 Å². The maximum atomic E-state index is 12.4. The zero-order valence-corrected chi connectivity index (χ0v) is 16.1. The second-order valence-corrected chi connectivity index (χ2v) is 7.64. The maximum Gasteiger partial charge on any atom is 0.269 e. The van der Waals surface area contributed by atoms with E-state index in [1.165, 1.54) is 4.90 Å². The van der Waals surface area contributed by atoms with Gasteiger partial charge < -0.3 is 14.8 Å². The molecule has 3 N–H and O–H groups in total. The predicted octanol–water partition coefficient (Wildman–Crippen LogP) is 4.53. The smallest absolute Gasteiger partial charge is 0.269 e. The van der Waals surface area contributed by atoms with Crippen molar-refractivity contribution in [2.24, 2.45) is 0 Å². The minimum absolute atomic E-state index is 0.171. The van der Waals surface area contributed by atoms with Crippen LogP contribution >= 0.6 is 11.8 Å². The van der Waals surface area contributed by atoms with Crippen molar-refractivity contribution in [1.29, 1.82) is 0 Å². The molecule has 1 amide bonds. The van der Waals surface area contributed by atoms with Crippen LogP contribution in [0.4, 0.5) is 11.4 Å². The van der Waals surface area contributed by atoms with E-state index in [1.807, 2.05) is 30.3 Å². The fourth-order valence-corrected chi connectivity index (χ4v) is 4.11. The van der Waals surface area contributed by atoms with Gasteiger partial charge in [0, 0.05) is 20.9 Å². The number of hydrogen-bond acceptors (Lipinski definition) is 6. The first kappa shape index (κ1) is 17.5. The molecule has 0 spiro atoms. The van der Waals surface area contributed by atoms with E-state index in [1.54, 1.807) is 30.0 Å². The van der Waals surface area contributed by atoms with Gasteiger partial charge in [-0.15, -0.1) is 0 Å². The molecule has 3 aromatic carbocycles. The van der Waals surface area contributed by atoms with Gasteiger partial charge in [-0.1, -0.05) is 36.5 Å². The fourth-order valence-electron chi connectivity index (χ4n) is 3.14. The van der Waals surface area contributed by atoms with Gasteiger partial charge >= 0.3 is 0 Å². The molecule has 2 aliphatic heterocycles. The number of fused-ring (bicyclic) bond motifs is 3. The van der Waals surface area contributed by atoms with Crippen LogP contribution in [-0.2, 0) is 0 Å². The summed E-state index contributed by atoms with van der Waals surface area (Å²) in [5.41, 5.74) is 9.59. The lowest BCUT2D eigenvalue weighted by Crippen LogP contribution is -2.35. The van der Waals surface area contributed by atoms with Crippen LogP contribution < -0.4 is 25.6 Å².